The second kappa shape index (κ2) is 6.90. The van der Waals surface area contributed by atoms with E-state index in [1.54, 1.807) is 13.8 Å². The number of hydrogen-bond donors (Lipinski definition) is 2. The molecular weight excluding hydrogens is 234 g/mol. The topological polar surface area (TPSA) is 84.1 Å². The molecule has 18 heavy (non-hydrogen) atoms. The van der Waals surface area contributed by atoms with Crippen molar-refractivity contribution in [2.75, 3.05) is 13.2 Å². The molecule has 100 valence electrons. The second-order valence-electron chi connectivity index (χ2n) is 3.97. The van der Waals surface area contributed by atoms with E-state index in [0.717, 1.165) is 0 Å². The van der Waals surface area contributed by atoms with Crippen LogP contribution in [0, 0.1) is 6.92 Å². The lowest BCUT2D eigenvalue weighted by atomic mass is 10.3. The first-order valence-corrected chi connectivity index (χ1v) is 5.99. The molecule has 0 saturated carbocycles. The number of rotatable bonds is 6. The van der Waals surface area contributed by atoms with Crippen LogP contribution in [0.5, 0.6) is 0 Å². The summed E-state index contributed by atoms with van der Waals surface area (Å²) < 4.78 is 5.16. The third kappa shape index (κ3) is 4.67. The third-order valence-electron chi connectivity index (χ3n) is 2.37. The smallest absolute Gasteiger partial charge is 0.251 e. The summed E-state index contributed by atoms with van der Waals surface area (Å²) in [5.74, 6) is 0.413. The van der Waals surface area contributed by atoms with Gasteiger partial charge in [-0.3, -0.25) is 9.59 Å². The zero-order chi connectivity index (χ0) is 13.5. The fraction of sp³-hybridized carbons (Fsp3) is 0.583. The first-order valence-electron chi connectivity index (χ1n) is 5.99. The summed E-state index contributed by atoms with van der Waals surface area (Å²) in [5.41, 5.74) is 0.495. The average molecular weight is 253 g/mol. The summed E-state index contributed by atoms with van der Waals surface area (Å²) in [5, 5.41) is 2.73. The number of nitrogens with zero attached hydrogens (tertiary/aromatic N) is 1. The molecule has 0 saturated heterocycles. The summed E-state index contributed by atoms with van der Waals surface area (Å²) in [6.07, 6.45) is 0.0288. The Morgan fingerprint density at radius 1 is 1.61 bits per heavy atom. The van der Waals surface area contributed by atoms with Gasteiger partial charge in [-0.1, -0.05) is 0 Å². The van der Waals surface area contributed by atoms with E-state index in [9.17, 15) is 9.59 Å². The summed E-state index contributed by atoms with van der Waals surface area (Å²) in [6.45, 7) is 6.22. The number of aromatic amines is 1. The molecular formula is C12H19N3O3. The Morgan fingerprint density at radius 2 is 2.33 bits per heavy atom. The molecule has 0 spiro atoms. The minimum absolute atomic E-state index is 0.160. The summed E-state index contributed by atoms with van der Waals surface area (Å²) in [7, 11) is 0. The monoisotopic (exact) mass is 253 g/mol. The molecule has 0 aliphatic carbocycles. The molecule has 1 aromatic rings. The largest absolute Gasteiger partial charge is 0.369 e. The van der Waals surface area contributed by atoms with Gasteiger partial charge in [-0.15, -0.1) is 0 Å². The van der Waals surface area contributed by atoms with Gasteiger partial charge in [0.25, 0.3) is 5.56 Å². The van der Waals surface area contributed by atoms with Crippen LogP contribution in [0.25, 0.3) is 0 Å². The molecule has 2 N–H and O–H groups in total. The first kappa shape index (κ1) is 14.4. The number of amides is 1. The van der Waals surface area contributed by atoms with Crippen molar-refractivity contribution >= 4 is 5.91 Å². The van der Waals surface area contributed by atoms with Gasteiger partial charge in [0.05, 0.1) is 0 Å². The zero-order valence-corrected chi connectivity index (χ0v) is 10.9. The Morgan fingerprint density at radius 3 is 2.94 bits per heavy atom. The Kier molecular flexibility index (Phi) is 5.51. The molecule has 0 aliphatic rings. The number of aromatic nitrogens is 2. The minimum Gasteiger partial charge on any atom is -0.369 e. The highest BCUT2D eigenvalue weighted by molar-refractivity contribution is 5.80. The lowest BCUT2D eigenvalue weighted by Gasteiger charge is -2.11. The molecule has 0 unspecified atom stereocenters. The van der Waals surface area contributed by atoms with Gasteiger partial charge in [0.15, 0.2) is 0 Å². The summed E-state index contributed by atoms with van der Waals surface area (Å²) in [6, 6.07) is 1.43. The van der Waals surface area contributed by atoms with E-state index in [0.29, 0.717) is 31.1 Å². The van der Waals surface area contributed by atoms with Crippen molar-refractivity contribution in [3.05, 3.63) is 27.9 Å². The standard InChI is InChI=1S/C12H19N3O3/c1-4-18-9(3)12(17)13-6-5-10-14-8(2)7-11(16)15-10/h7,9H,4-6H2,1-3H3,(H,13,17)(H,14,15,16)/t9-/m1/s1. The van der Waals surface area contributed by atoms with Gasteiger partial charge in [-0.05, 0) is 20.8 Å². The van der Waals surface area contributed by atoms with Gasteiger partial charge in [0.1, 0.15) is 11.9 Å². The fourth-order valence-electron chi connectivity index (χ4n) is 1.53. The maximum atomic E-state index is 11.5. The van der Waals surface area contributed by atoms with Gasteiger partial charge >= 0.3 is 0 Å². The number of aryl methyl sites for hydroxylation is 1. The van der Waals surface area contributed by atoms with Crippen LogP contribution in [0.3, 0.4) is 0 Å². The van der Waals surface area contributed by atoms with Crippen molar-refractivity contribution < 1.29 is 9.53 Å². The number of hydrogen-bond acceptors (Lipinski definition) is 4. The lowest BCUT2D eigenvalue weighted by Crippen LogP contribution is -2.36. The maximum Gasteiger partial charge on any atom is 0.251 e. The molecule has 6 nitrogen and oxygen atoms in total. The van der Waals surface area contributed by atoms with Gasteiger partial charge in [0, 0.05) is 31.3 Å². The van der Waals surface area contributed by atoms with Crippen molar-refractivity contribution in [1.82, 2.24) is 15.3 Å². The first-order chi connectivity index (χ1) is 8.52. The number of carbonyl (C=O) groups is 1. The molecule has 0 bridgehead atoms. The van der Waals surface area contributed by atoms with Crippen LogP contribution in [0.4, 0.5) is 0 Å². The average Bonchev–Trinajstić information content (AvgIpc) is 2.27. The summed E-state index contributed by atoms with van der Waals surface area (Å²) in [4.78, 5) is 29.5. The molecule has 0 radical (unpaired) electrons. The minimum atomic E-state index is -0.459. The van der Waals surface area contributed by atoms with Crippen LogP contribution < -0.4 is 10.9 Å². The molecule has 0 aliphatic heterocycles. The van der Waals surface area contributed by atoms with Gasteiger partial charge in [-0.25, -0.2) is 4.98 Å². The van der Waals surface area contributed by atoms with Crippen molar-refractivity contribution in [1.29, 1.82) is 0 Å². The van der Waals surface area contributed by atoms with E-state index in [1.165, 1.54) is 6.07 Å². The molecule has 0 aromatic carbocycles. The van der Waals surface area contributed by atoms with E-state index in [2.05, 4.69) is 15.3 Å². The van der Waals surface area contributed by atoms with Crippen LogP contribution in [0.15, 0.2) is 10.9 Å². The van der Waals surface area contributed by atoms with E-state index < -0.39 is 6.10 Å². The Labute approximate surface area is 106 Å². The number of nitrogens with one attached hydrogen (secondary N) is 2. The molecule has 1 amide bonds. The van der Waals surface area contributed by atoms with Gasteiger partial charge in [0.2, 0.25) is 5.91 Å². The number of ether oxygens (including phenoxy) is 1. The van der Waals surface area contributed by atoms with E-state index in [4.69, 9.17) is 4.74 Å². The van der Waals surface area contributed by atoms with Crippen LogP contribution in [-0.2, 0) is 16.0 Å². The van der Waals surface area contributed by atoms with Crippen LogP contribution in [0.2, 0.25) is 0 Å². The highest BCUT2D eigenvalue weighted by Gasteiger charge is 2.11. The zero-order valence-electron chi connectivity index (χ0n) is 10.9. The second-order valence-corrected chi connectivity index (χ2v) is 3.97. The molecule has 1 heterocycles. The van der Waals surface area contributed by atoms with Crippen LogP contribution in [0.1, 0.15) is 25.4 Å². The number of H-pyrrole nitrogens is 1. The Bertz CT molecular complexity index is 456. The quantitative estimate of drug-likeness (QED) is 0.756. The van der Waals surface area contributed by atoms with Crippen molar-refractivity contribution in [3.63, 3.8) is 0 Å². The van der Waals surface area contributed by atoms with E-state index in [1.807, 2.05) is 6.92 Å². The van der Waals surface area contributed by atoms with Crippen molar-refractivity contribution in [2.24, 2.45) is 0 Å². The van der Waals surface area contributed by atoms with Crippen molar-refractivity contribution in [2.45, 2.75) is 33.3 Å². The fourth-order valence-corrected chi connectivity index (χ4v) is 1.53. The SMILES string of the molecule is CCO[C@H](C)C(=O)NCCc1nc(C)cc(=O)[nH]1. The molecule has 1 aromatic heterocycles. The normalized spacial score (nSPS) is 12.2. The predicted octanol–water partition coefficient (Wildman–Crippen LogP) is 0.162. The Balaban J connectivity index is 2.42. The maximum absolute atomic E-state index is 11.5. The lowest BCUT2D eigenvalue weighted by molar-refractivity contribution is -0.131. The van der Waals surface area contributed by atoms with Gasteiger partial charge in [-0.2, -0.15) is 0 Å². The third-order valence-corrected chi connectivity index (χ3v) is 2.37. The molecule has 6 heteroatoms. The van der Waals surface area contributed by atoms with E-state index in [-0.39, 0.29) is 11.5 Å². The van der Waals surface area contributed by atoms with Crippen LogP contribution >= 0.6 is 0 Å². The molecule has 0 fully saturated rings. The Hall–Kier alpha value is -1.69. The molecule has 1 atom stereocenters. The number of carbonyl (C=O) groups excluding carboxylic acids is 1. The van der Waals surface area contributed by atoms with Crippen molar-refractivity contribution in [3.8, 4) is 0 Å². The highest BCUT2D eigenvalue weighted by Crippen LogP contribution is 1.92. The van der Waals surface area contributed by atoms with E-state index >= 15 is 0 Å². The van der Waals surface area contributed by atoms with Gasteiger partial charge < -0.3 is 15.0 Å². The molecule has 1 rings (SSSR count). The van der Waals surface area contributed by atoms with Crippen LogP contribution in [-0.4, -0.2) is 35.1 Å². The predicted molar refractivity (Wildman–Crippen MR) is 67.4 cm³/mol. The summed E-state index contributed by atoms with van der Waals surface area (Å²) >= 11 is 0. The highest BCUT2D eigenvalue weighted by atomic mass is 16.5.